The molecule has 0 saturated heterocycles. The summed E-state index contributed by atoms with van der Waals surface area (Å²) in [5.41, 5.74) is 0.740. The lowest BCUT2D eigenvalue weighted by atomic mass is 10.1. The molecule has 0 spiro atoms. The van der Waals surface area contributed by atoms with Crippen LogP contribution in [0.4, 0.5) is 9.52 Å². The number of benzene rings is 1. The third-order valence-electron chi connectivity index (χ3n) is 4.16. The molecule has 2 heterocycles. The van der Waals surface area contributed by atoms with Crippen molar-refractivity contribution in [1.29, 1.82) is 0 Å². The van der Waals surface area contributed by atoms with Crippen LogP contribution in [0, 0.1) is 5.82 Å². The Labute approximate surface area is 159 Å². The topological polar surface area (TPSA) is 64.4 Å². The van der Waals surface area contributed by atoms with Gasteiger partial charge in [0, 0.05) is 43.2 Å². The van der Waals surface area contributed by atoms with E-state index >= 15 is 0 Å². The standard InChI is InChI=1S/C19H20FN3O3S/c1-5-23-9-13(18(25)26-6-2)17(24)12-7-14(20)11(8-16(12)23)15-10-27-19(21-15)22(3)4/h7-10H,5-6H2,1-4H3. The van der Waals surface area contributed by atoms with Gasteiger partial charge < -0.3 is 14.2 Å². The number of esters is 1. The Balaban J connectivity index is 2.24. The maximum Gasteiger partial charge on any atom is 0.343 e. The highest BCUT2D eigenvalue weighted by atomic mass is 32.1. The molecule has 0 aliphatic rings. The van der Waals surface area contributed by atoms with Crippen LogP contribution in [0.3, 0.4) is 0 Å². The number of carbonyl (C=O) groups is 1. The summed E-state index contributed by atoms with van der Waals surface area (Å²) in [7, 11) is 3.73. The zero-order valence-electron chi connectivity index (χ0n) is 15.6. The van der Waals surface area contributed by atoms with E-state index in [0.29, 0.717) is 23.3 Å². The number of nitrogens with zero attached hydrogens (tertiary/aromatic N) is 3. The molecule has 3 rings (SSSR count). The number of halogens is 1. The van der Waals surface area contributed by atoms with Crippen LogP contribution in [0.15, 0.2) is 28.5 Å². The molecule has 0 bridgehead atoms. The van der Waals surface area contributed by atoms with Crippen molar-refractivity contribution in [3.8, 4) is 11.3 Å². The van der Waals surface area contributed by atoms with Crippen molar-refractivity contribution < 1.29 is 13.9 Å². The van der Waals surface area contributed by atoms with Crippen molar-refractivity contribution in [3.05, 3.63) is 45.3 Å². The minimum absolute atomic E-state index is 0.0955. The van der Waals surface area contributed by atoms with Gasteiger partial charge in [-0.15, -0.1) is 11.3 Å². The Morgan fingerprint density at radius 3 is 2.67 bits per heavy atom. The zero-order chi connectivity index (χ0) is 19.7. The summed E-state index contributed by atoms with van der Waals surface area (Å²) in [4.78, 5) is 31.1. The number of hydrogen-bond acceptors (Lipinski definition) is 6. The number of fused-ring (bicyclic) bond motifs is 1. The third-order valence-corrected chi connectivity index (χ3v) is 5.16. The molecular formula is C19H20FN3O3S. The van der Waals surface area contributed by atoms with Crippen molar-refractivity contribution in [2.75, 3.05) is 25.6 Å². The molecule has 2 aromatic heterocycles. The van der Waals surface area contributed by atoms with E-state index in [1.807, 2.05) is 25.9 Å². The Hall–Kier alpha value is -2.74. The average molecular weight is 389 g/mol. The van der Waals surface area contributed by atoms with Gasteiger partial charge in [0.1, 0.15) is 11.4 Å². The predicted molar refractivity (Wildman–Crippen MR) is 105 cm³/mol. The molecule has 1 aromatic carbocycles. The van der Waals surface area contributed by atoms with E-state index < -0.39 is 17.2 Å². The Morgan fingerprint density at radius 1 is 1.33 bits per heavy atom. The summed E-state index contributed by atoms with van der Waals surface area (Å²) in [5, 5.41) is 2.68. The van der Waals surface area contributed by atoms with Crippen LogP contribution in [0.1, 0.15) is 24.2 Å². The van der Waals surface area contributed by atoms with Gasteiger partial charge in [0.05, 0.1) is 17.8 Å². The molecule has 0 fully saturated rings. The van der Waals surface area contributed by atoms with Gasteiger partial charge in [0.25, 0.3) is 0 Å². The number of carbonyl (C=O) groups excluding carboxylic acids is 1. The minimum atomic E-state index is -0.703. The van der Waals surface area contributed by atoms with Crippen LogP contribution in [-0.2, 0) is 11.3 Å². The molecule has 142 valence electrons. The predicted octanol–water partition coefficient (Wildman–Crippen LogP) is 3.53. The van der Waals surface area contributed by atoms with Gasteiger partial charge in [0.2, 0.25) is 5.43 Å². The number of ether oxygens (including phenoxy) is 1. The summed E-state index contributed by atoms with van der Waals surface area (Å²) in [5.74, 6) is -1.26. The van der Waals surface area contributed by atoms with Crippen molar-refractivity contribution in [2.24, 2.45) is 0 Å². The Kier molecular flexibility index (Phi) is 5.27. The number of aryl methyl sites for hydroxylation is 1. The SMILES string of the molecule is CCOC(=O)c1cn(CC)c2cc(-c3csc(N(C)C)n3)c(F)cc2c1=O. The van der Waals surface area contributed by atoms with Gasteiger partial charge in [0.15, 0.2) is 5.13 Å². The first-order chi connectivity index (χ1) is 12.9. The first-order valence-electron chi connectivity index (χ1n) is 8.54. The van der Waals surface area contributed by atoms with Crippen molar-refractivity contribution in [1.82, 2.24) is 9.55 Å². The first-order valence-corrected chi connectivity index (χ1v) is 9.42. The molecule has 0 amide bonds. The van der Waals surface area contributed by atoms with Gasteiger partial charge in [-0.2, -0.15) is 0 Å². The average Bonchev–Trinajstić information content (AvgIpc) is 3.12. The number of rotatable bonds is 5. The number of pyridine rings is 1. The molecule has 0 aliphatic carbocycles. The number of hydrogen-bond donors (Lipinski definition) is 0. The summed E-state index contributed by atoms with van der Waals surface area (Å²) >= 11 is 1.41. The summed E-state index contributed by atoms with van der Waals surface area (Å²) in [6.07, 6.45) is 1.47. The molecule has 3 aromatic rings. The molecular weight excluding hydrogens is 369 g/mol. The quantitative estimate of drug-likeness (QED) is 0.625. The van der Waals surface area contributed by atoms with E-state index in [-0.39, 0.29) is 17.6 Å². The van der Waals surface area contributed by atoms with Gasteiger partial charge in [-0.1, -0.05) is 0 Å². The summed E-state index contributed by atoms with van der Waals surface area (Å²) in [6.45, 7) is 4.22. The summed E-state index contributed by atoms with van der Waals surface area (Å²) in [6, 6.07) is 2.79. The molecule has 27 heavy (non-hydrogen) atoms. The van der Waals surface area contributed by atoms with Crippen molar-refractivity contribution >= 4 is 33.3 Å². The molecule has 0 unspecified atom stereocenters. The van der Waals surface area contributed by atoms with E-state index in [1.165, 1.54) is 23.6 Å². The lowest BCUT2D eigenvalue weighted by molar-refractivity contribution is 0.0524. The van der Waals surface area contributed by atoms with E-state index in [4.69, 9.17) is 4.74 Å². The van der Waals surface area contributed by atoms with Crippen LogP contribution in [-0.4, -0.2) is 36.2 Å². The fourth-order valence-corrected chi connectivity index (χ4v) is 3.57. The summed E-state index contributed by atoms with van der Waals surface area (Å²) < 4.78 is 21.5. The highest BCUT2D eigenvalue weighted by Crippen LogP contribution is 2.30. The second-order valence-electron chi connectivity index (χ2n) is 6.14. The van der Waals surface area contributed by atoms with Crippen LogP contribution in [0.2, 0.25) is 0 Å². The van der Waals surface area contributed by atoms with Crippen LogP contribution in [0.25, 0.3) is 22.2 Å². The van der Waals surface area contributed by atoms with Gasteiger partial charge >= 0.3 is 5.97 Å². The number of anilines is 1. The highest BCUT2D eigenvalue weighted by Gasteiger charge is 2.19. The van der Waals surface area contributed by atoms with Crippen LogP contribution >= 0.6 is 11.3 Å². The van der Waals surface area contributed by atoms with Crippen LogP contribution < -0.4 is 10.3 Å². The minimum Gasteiger partial charge on any atom is -0.462 e. The third kappa shape index (κ3) is 3.44. The maximum atomic E-state index is 14.8. The molecule has 6 nitrogen and oxygen atoms in total. The monoisotopic (exact) mass is 389 g/mol. The van der Waals surface area contributed by atoms with Crippen molar-refractivity contribution in [3.63, 3.8) is 0 Å². The number of aromatic nitrogens is 2. The van der Waals surface area contributed by atoms with Gasteiger partial charge in [-0.25, -0.2) is 14.2 Å². The largest absolute Gasteiger partial charge is 0.462 e. The molecule has 0 atom stereocenters. The zero-order valence-corrected chi connectivity index (χ0v) is 16.4. The Bertz CT molecular complexity index is 1070. The second-order valence-corrected chi connectivity index (χ2v) is 6.97. The number of thiazole rings is 1. The maximum absolute atomic E-state index is 14.8. The second kappa shape index (κ2) is 7.48. The molecule has 0 N–H and O–H groups in total. The molecule has 8 heteroatoms. The fraction of sp³-hybridized carbons (Fsp3) is 0.316. The Morgan fingerprint density at radius 2 is 2.07 bits per heavy atom. The lowest BCUT2D eigenvalue weighted by Crippen LogP contribution is -2.21. The van der Waals surface area contributed by atoms with E-state index in [0.717, 1.165) is 5.13 Å². The molecule has 0 radical (unpaired) electrons. The first kappa shape index (κ1) is 19.0. The van der Waals surface area contributed by atoms with E-state index in [9.17, 15) is 14.0 Å². The lowest BCUT2D eigenvalue weighted by Gasteiger charge is -2.13. The fourth-order valence-electron chi connectivity index (χ4n) is 2.82. The van der Waals surface area contributed by atoms with E-state index in [2.05, 4.69) is 4.98 Å². The molecule has 0 saturated carbocycles. The molecule has 0 aliphatic heterocycles. The van der Waals surface area contributed by atoms with Crippen molar-refractivity contribution in [2.45, 2.75) is 20.4 Å². The highest BCUT2D eigenvalue weighted by molar-refractivity contribution is 7.14. The van der Waals surface area contributed by atoms with Crippen LogP contribution in [0.5, 0.6) is 0 Å². The normalized spacial score (nSPS) is 11.0. The van der Waals surface area contributed by atoms with E-state index in [1.54, 1.807) is 22.9 Å². The smallest absolute Gasteiger partial charge is 0.343 e. The van der Waals surface area contributed by atoms with Gasteiger partial charge in [-0.05, 0) is 26.0 Å². The van der Waals surface area contributed by atoms with Gasteiger partial charge in [-0.3, -0.25) is 4.79 Å².